The fraction of sp³-hybridized carbons (Fsp3) is 0.176. The molecule has 0 saturated carbocycles. The Morgan fingerprint density at radius 1 is 1.24 bits per heavy atom. The van der Waals surface area contributed by atoms with Crippen LogP contribution < -0.4 is 10.2 Å². The van der Waals surface area contributed by atoms with Gasteiger partial charge in [-0.3, -0.25) is 9.59 Å². The third kappa shape index (κ3) is 3.77. The molecule has 3 rings (SSSR count). The number of halogens is 1. The lowest BCUT2D eigenvalue weighted by Gasteiger charge is -2.14. The van der Waals surface area contributed by atoms with Gasteiger partial charge in [0, 0.05) is 16.3 Å². The van der Waals surface area contributed by atoms with Crippen molar-refractivity contribution in [1.29, 1.82) is 0 Å². The number of ketones is 1. The second kappa shape index (κ2) is 6.90. The van der Waals surface area contributed by atoms with Crippen molar-refractivity contribution >= 4 is 40.0 Å². The first kappa shape index (κ1) is 16.9. The molecule has 0 aliphatic carbocycles. The first-order valence-corrected chi connectivity index (χ1v) is 7.92. The number of rotatable bonds is 5. The van der Waals surface area contributed by atoms with Crippen molar-refractivity contribution in [3.05, 3.63) is 53.1 Å². The highest BCUT2D eigenvalue weighted by molar-refractivity contribution is 6.31. The summed E-state index contributed by atoms with van der Waals surface area (Å²) in [7, 11) is 0. The van der Waals surface area contributed by atoms with Gasteiger partial charge in [-0.1, -0.05) is 28.6 Å². The summed E-state index contributed by atoms with van der Waals surface area (Å²) in [5, 5.41) is 11.0. The zero-order valence-electron chi connectivity index (χ0n) is 13.6. The Hall–Kier alpha value is -2.93. The SMILES string of the molecule is CC(=O)c1cccc(NC(=O)[C@@H](C)On2nnc3ccc(Cl)cc32)c1. The van der Waals surface area contributed by atoms with E-state index in [-0.39, 0.29) is 11.7 Å². The summed E-state index contributed by atoms with van der Waals surface area (Å²) in [6, 6.07) is 11.7. The largest absolute Gasteiger partial charge is 0.382 e. The van der Waals surface area contributed by atoms with Crippen LogP contribution in [0.3, 0.4) is 0 Å². The Balaban J connectivity index is 1.73. The maximum absolute atomic E-state index is 12.3. The number of benzene rings is 2. The number of anilines is 1. The monoisotopic (exact) mass is 358 g/mol. The van der Waals surface area contributed by atoms with E-state index in [1.54, 1.807) is 49.4 Å². The fourth-order valence-electron chi connectivity index (χ4n) is 2.21. The quantitative estimate of drug-likeness (QED) is 0.709. The Kier molecular flexibility index (Phi) is 4.67. The van der Waals surface area contributed by atoms with Crippen LogP contribution in [0.25, 0.3) is 11.0 Å². The van der Waals surface area contributed by atoms with Gasteiger partial charge in [-0.05, 0) is 49.4 Å². The Morgan fingerprint density at radius 3 is 2.80 bits per heavy atom. The minimum absolute atomic E-state index is 0.0774. The molecule has 2 aromatic carbocycles. The number of hydrogen-bond donors (Lipinski definition) is 1. The van der Waals surface area contributed by atoms with Gasteiger partial charge in [0.05, 0.1) is 0 Å². The first-order valence-electron chi connectivity index (χ1n) is 7.54. The normalized spacial score (nSPS) is 12.0. The lowest BCUT2D eigenvalue weighted by molar-refractivity contribution is -0.127. The van der Waals surface area contributed by atoms with Crippen LogP contribution in [0, 0.1) is 0 Å². The van der Waals surface area contributed by atoms with Gasteiger partial charge >= 0.3 is 0 Å². The lowest BCUT2D eigenvalue weighted by Crippen LogP contribution is -2.35. The smallest absolute Gasteiger partial charge is 0.267 e. The van der Waals surface area contributed by atoms with Crippen LogP contribution in [-0.2, 0) is 4.79 Å². The second-order valence-electron chi connectivity index (χ2n) is 5.47. The molecule has 128 valence electrons. The molecule has 25 heavy (non-hydrogen) atoms. The highest BCUT2D eigenvalue weighted by atomic mass is 35.5. The van der Waals surface area contributed by atoms with E-state index in [0.29, 0.717) is 27.3 Å². The lowest BCUT2D eigenvalue weighted by atomic mass is 10.1. The molecule has 0 fully saturated rings. The zero-order valence-corrected chi connectivity index (χ0v) is 14.3. The number of carbonyl (C=O) groups excluding carboxylic acids is 2. The summed E-state index contributed by atoms with van der Waals surface area (Å²) in [6.07, 6.45) is -0.843. The highest BCUT2D eigenvalue weighted by Crippen LogP contribution is 2.17. The molecule has 7 nitrogen and oxygen atoms in total. The average molecular weight is 359 g/mol. The predicted octanol–water partition coefficient (Wildman–Crippen LogP) is 2.74. The number of carbonyl (C=O) groups is 2. The van der Waals surface area contributed by atoms with Crippen molar-refractivity contribution in [2.24, 2.45) is 0 Å². The molecular weight excluding hydrogens is 344 g/mol. The van der Waals surface area contributed by atoms with Crippen LogP contribution in [-0.4, -0.2) is 33.0 Å². The van der Waals surface area contributed by atoms with Gasteiger partial charge in [-0.25, -0.2) is 0 Å². The second-order valence-corrected chi connectivity index (χ2v) is 5.91. The molecule has 8 heteroatoms. The average Bonchev–Trinajstić information content (AvgIpc) is 2.97. The van der Waals surface area contributed by atoms with E-state index in [1.165, 1.54) is 6.92 Å². The van der Waals surface area contributed by atoms with E-state index in [2.05, 4.69) is 15.6 Å². The van der Waals surface area contributed by atoms with Crippen LogP contribution in [0.1, 0.15) is 24.2 Å². The van der Waals surface area contributed by atoms with Crippen molar-refractivity contribution in [1.82, 2.24) is 15.2 Å². The Labute approximate surface area is 148 Å². The molecule has 0 radical (unpaired) electrons. The topological polar surface area (TPSA) is 86.1 Å². The number of amides is 1. The summed E-state index contributed by atoms with van der Waals surface area (Å²) >= 11 is 5.96. The Bertz CT molecular complexity index is 954. The van der Waals surface area contributed by atoms with Gasteiger partial charge in [0.25, 0.3) is 5.91 Å². The van der Waals surface area contributed by atoms with Crippen molar-refractivity contribution in [3.8, 4) is 0 Å². The summed E-state index contributed by atoms with van der Waals surface area (Å²) < 4.78 is 0. The van der Waals surface area contributed by atoms with Gasteiger partial charge in [0.15, 0.2) is 5.78 Å². The number of nitrogens with zero attached hydrogens (tertiary/aromatic N) is 3. The summed E-state index contributed by atoms with van der Waals surface area (Å²) in [5.41, 5.74) is 2.19. The maximum Gasteiger partial charge on any atom is 0.267 e. The molecule has 0 spiro atoms. The number of Topliss-reactive ketones (excluding diaryl/α,β-unsaturated/α-hetero) is 1. The number of hydrogen-bond acceptors (Lipinski definition) is 5. The van der Waals surface area contributed by atoms with Crippen molar-refractivity contribution in [2.75, 3.05) is 5.32 Å². The van der Waals surface area contributed by atoms with E-state index in [4.69, 9.17) is 16.4 Å². The molecule has 0 aliphatic rings. The van der Waals surface area contributed by atoms with Crippen LogP contribution >= 0.6 is 11.6 Å². The van der Waals surface area contributed by atoms with Gasteiger partial charge in [0.1, 0.15) is 11.0 Å². The number of aromatic nitrogens is 3. The van der Waals surface area contributed by atoms with E-state index in [1.807, 2.05) is 0 Å². The molecule has 0 bridgehead atoms. The van der Waals surface area contributed by atoms with Crippen molar-refractivity contribution in [2.45, 2.75) is 20.0 Å². The molecule has 1 heterocycles. The molecule has 1 atom stereocenters. The van der Waals surface area contributed by atoms with E-state index in [9.17, 15) is 9.59 Å². The molecule has 1 N–H and O–H groups in total. The van der Waals surface area contributed by atoms with Crippen LogP contribution in [0.15, 0.2) is 42.5 Å². The van der Waals surface area contributed by atoms with Crippen LogP contribution in [0.4, 0.5) is 5.69 Å². The summed E-state index contributed by atoms with van der Waals surface area (Å²) in [5.74, 6) is -0.460. The molecule has 1 amide bonds. The third-order valence-electron chi connectivity index (χ3n) is 3.54. The zero-order chi connectivity index (χ0) is 18.0. The van der Waals surface area contributed by atoms with E-state index >= 15 is 0 Å². The highest BCUT2D eigenvalue weighted by Gasteiger charge is 2.18. The summed E-state index contributed by atoms with van der Waals surface area (Å²) in [6.45, 7) is 3.05. The van der Waals surface area contributed by atoms with E-state index < -0.39 is 6.10 Å². The van der Waals surface area contributed by atoms with Crippen molar-refractivity contribution < 1.29 is 14.4 Å². The number of fused-ring (bicyclic) bond motifs is 1. The van der Waals surface area contributed by atoms with Crippen LogP contribution in [0.2, 0.25) is 5.02 Å². The molecular formula is C17H15ClN4O3. The molecule has 0 aliphatic heterocycles. The molecule has 0 saturated heterocycles. The molecule has 1 aromatic heterocycles. The molecule has 0 unspecified atom stereocenters. The predicted molar refractivity (Wildman–Crippen MR) is 93.7 cm³/mol. The maximum atomic E-state index is 12.3. The van der Waals surface area contributed by atoms with Crippen LogP contribution in [0.5, 0.6) is 0 Å². The summed E-state index contributed by atoms with van der Waals surface area (Å²) in [4.78, 5) is 30.4. The number of nitrogens with one attached hydrogen (secondary N) is 1. The van der Waals surface area contributed by atoms with Gasteiger partial charge < -0.3 is 10.2 Å². The van der Waals surface area contributed by atoms with Gasteiger partial charge in [-0.15, -0.1) is 5.10 Å². The fourth-order valence-corrected chi connectivity index (χ4v) is 2.37. The minimum atomic E-state index is -0.843. The van der Waals surface area contributed by atoms with Gasteiger partial charge in [0.2, 0.25) is 6.10 Å². The minimum Gasteiger partial charge on any atom is -0.382 e. The Morgan fingerprint density at radius 2 is 2.04 bits per heavy atom. The molecule has 3 aromatic rings. The third-order valence-corrected chi connectivity index (χ3v) is 3.78. The van der Waals surface area contributed by atoms with Gasteiger partial charge in [-0.2, -0.15) is 0 Å². The standard InChI is InChI=1S/C17H15ClN4O3/c1-10(23)12-4-3-5-14(8-12)19-17(24)11(2)25-22-16-9-13(18)6-7-15(16)20-21-22/h3-9,11H,1-2H3,(H,19,24)/t11-/m1/s1. The van der Waals surface area contributed by atoms with E-state index in [0.717, 1.165) is 4.85 Å². The first-order chi connectivity index (χ1) is 11.9. The van der Waals surface area contributed by atoms with Crippen molar-refractivity contribution in [3.63, 3.8) is 0 Å².